The Balaban J connectivity index is 2.17. The van der Waals surface area contributed by atoms with E-state index in [4.69, 9.17) is 9.84 Å². The lowest BCUT2D eigenvalue weighted by molar-refractivity contribution is -0.0549. The number of amides is 1. The van der Waals surface area contributed by atoms with Crippen LogP contribution >= 0.6 is 0 Å². The lowest BCUT2D eigenvalue weighted by atomic mass is 10.1. The van der Waals surface area contributed by atoms with Crippen molar-refractivity contribution < 1.29 is 29.6 Å². The molecule has 1 amide bonds. The zero-order valence-electron chi connectivity index (χ0n) is 11.7. The van der Waals surface area contributed by atoms with E-state index < -0.39 is 42.9 Å². The Morgan fingerprint density at radius 1 is 1.50 bits per heavy atom. The van der Waals surface area contributed by atoms with Crippen molar-refractivity contribution in [1.82, 2.24) is 9.55 Å². The van der Waals surface area contributed by atoms with Gasteiger partial charge in [0.25, 0.3) is 0 Å². The van der Waals surface area contributed by atoms with Crippen LogP contribution in [0.25, 0.3) is 0 Å². The van der Waals surface area contributed by atoms with Gasteiger partial charge in [-0.15, -0.1) is 0 Å². The number of hydrogen-bond acceptors (Lipinski definition) is 8. The summed E-state index contributed by atoms with van der Waals surface area (Å²) >= 11 is 0. The van der Waals surface area contributed by atoms with Gasteiger partial charge in [-0.2, -0.15) is 4.98 Å². The third-order valence-electron chi connectivity index (χ3n) is 3.13. The highest BCUT2D eigenvalue weighted by atomic mass is 16.6. The molecule has 10 heteroatoms. The number of anilines is 1. The number of nitrogens with one attached hydrogen (secondary N) is 1. The summed E-state index contributed by atoms with van der Waals surface area (Å²) < 4.78 is 10.8. The van der Waals surface area contributed by atoms with E-state index in [2.05, 4.69) is 15.0 Å². The van der Waals surface area contributed by atoms with Gasteiger partial charge in [-0.1, -0.05) is 0 Å². The average Bonchev–Trinajstić information content (AvgIpc) is 2.75. The minimum absolute atomic E-state index is 0.0218. The molecule has 2 rings (SSSR count). The van der Waals surface area contributed by atoms with Crippen LogP contribution in [0.15, 0.2) is 17.1 Å². The fourth-order valence-electron chi connectivity index (χ4n) is 2.06. The minimum atomic E-state index is -1.39. The lowest BCUT2D eigenvalue weighted by Crippen LogP contribution is -2.36. The van der Waals surface area contributed by atoms with Crippen molar-refractivity contribution in [3.63, 3.8) is 0 Å². The minimum Gasteiger partial charge on any atom is -0.450 e. The Bertz CT molecular complexity index is 590. The highest BCUT2D eigenvalue weighted by Gasteiger charge is 2.43. The van der Waals surface area contributed by atoms with Crippen molar-refractivity contribution in [3.8, 4) is 0 Å². The van der Waals surface area contributed by atoms with E-state index in [9.17, 15) is 19.8 Å². The second-order valence-corrected chi connectivity index (χ2v) is 4.58. The molecule has 2 heterocycles. The summed E-state index contributed by atoms with van der Waals surface area (Å²) in [5.74, 6) is -0.0218. The fraction of sp³-hybridized carbons (Fsp3) is 0.583. The first-order valence-electron chi connectivity index (χ1n) is 6.63. The molecule has 1 aromatic rings. The monoisotopic (exact) mass is 315 g/mol. The van der Waals surface area contributed by atoms with Gasteiger partial charge in [0.05, 0.1) is 13.2 Å². The summed E-state index contributed by atoms with van der Waals surface area (Å²) in [5, 5.41) is 30.8. The molecule has 4 N–H and O–H groups in total. The summed E-state index contributed by atoms with van der Waals surface area (Å²) in [4.78, 5) is 26.8. The van der Waals surface area contributed by atoms with Crippen molar-refractivity contribution >= 4 is 11.9 Å². The molecule has 10 nitrogen and oxygen atoms in total. The Labute approximate surface area is 124 Å². The largest absolute Gasteiger partial charge is 0.450 e. The van der Waals surface area contributed by atoms with Crippen LogP contribution in [0.2, 0.25) is 0 Å². The fourth-order valence-corrected chi connectivity index (χ4v) is 2.06. The Morgan fingerprint density at radius 3 is 2.77 bits per heavy atom. The van der Waals surface area contributed by atoms with Crippen LogP contribution in [0, 0.1) is 0 Å². The first-order chi connectivity index (χ1) is 10.5. The van der Waals surface area contributed by atoms with Crippen molar-refractivity contribution in [2.24, 2.45) is 0 Å². The number of aromatic nitrogens is 2. The van der Waals surface area contributed by atoms with Crippen LogP contribution in [0.1, 0.15) is 13.2 Å². The molecule has 1 aliphatic rings. The highest BCUT2D eigenvalue weighted by Crippen LogP contribution is 2.28. The summed E-state index contributed by atoms with van der Waals surface area (Å²) in [6, 6.07) is 1.31. The summed E-state index contributed by atoms with van der Waals surface area (Å²) in [6.45, 7) is 1.30. The van der Waals surface area contributed by atoms with Crippen LogP contribution in [-0.4, -0.2) is 62.5 Å². The quantitative estimate of drug-likeness (QED) is 0.521. The Morgan fingerprint density at radius 2 is 2.23 bits per heavy atom. The van der Waals surface area contributed by atoms with Gasteiger partial charge < -0.3 is 24.8 Å². The normalized spacial score (nSPS) is 27.6. The van der Waals surface area contributed by atoms with Gasteiger partial charge >= 0.3 is 11.8 Å². The molecule has 0 bridgehead atoms. The van der Waals surface area contributed by atoms with Crippen molar-refractivity contribution in [2.45, 2.75) is 31.5 Å². The third-order valence-corrected chi connectivity index (χ3v) is 3.13. The number of aliphatic hydroxyl groups excluding tert-OH is 3. The number of carbonyl (C=O) groups excluding carboxylic acids is 1. The molecule has 0 saturated carbocycles. The van der Waals surface area contributed by atoms with Gasteiger partial charge in [0.15, 0.2) is 6.23 Å². The first kappa shape index (κ1) is 16.4. The van der Waals surface area contributed by atoms with Gasteiger partial charge in [0.1, 0.15) is 24.1 Å². The molecule has 1 saturated heterocycles. The van der Waals surface area contributed by atoms with Crippen LogP contribution < -0.4 is 11.0 Å². The second kappa shape index (κ2) is 6.83. The number of aliphatic hydroxyl groups is 3. The molecule has 1 aromatic heterocycles. The topological polar surface area (TPSA) is 143 Å². The zero-order valence-corrected chi connectivity index (χ0v) is 11.7. The molecule has 4 atom stereocenters. The van der Waals surface area contributed by atoms with E-state index in [-0.39, 0.29) is 12.4 Å². The molecule has 122 valence electrons. The maximum Gasteiger partial charge on any atom is 0.412 e. The first-order valence-corrected chi connectivity index (χ1v) is 6.63. The molecule has 0 radical (unpaired) electrons. The molecule has 1 fully saturated rings. The number of rotatable bonds is 4. The molecular formula is C12H17N3O7. The predicted octanol–water partition coefficient (Wildman–Crippen LogP) is -1.58. The third kappa shape index (κ3) is 3.25. The standard InChI is InChI=1S/C12H17N3O7/c1-2-21-12(20)14-7-3-4-15(11(19)13-7)10-9(18)8(17)6(5-16)22-10/h3-4,6,8-10,16-18H,2,5H2,1H3,(H,13,14,19,20). The molecule has 4 unspecified atom stereocenters. The molecule has 22 heavy (non-hydrogen) atoms. The highest BCUT2D eigenvalue weighted by molar-refractivity contribution is 5.83. The molecule has 1 aliphatic heterocycles. The van der Waals surface area contributed by atoms with Crippen molar-refractivity contribution in [2.75, 3.05) is 18.5 Å². The smallest absolute Gasteiger partial charge is 0.412 e. The molecule has 0 aliphatic carbocycles. The van der Waals surface area contributed by atoms with E-state index in [1.54, 1.807) is 6.92 Å². The summed E-state index contributed by atoms with van der Waals surface area (Å²) in [7, 11) is 0. The number of ether oxygens (including phenoxy) is 2. The molecule has 0 aromatic carbocycles. The van der Waals surface area contributed by atoms with Crippen LogP contribution in [0.5, 0.6) is 0 Å². The Kier molecular flexibility index (Phi) is 5.08. The molecular weight excluding hydrogens is 298 g/mol. The van der Waals surface area contributed by atoms with E-state index in [1.165, 1.54) is 12.3 Å². The molecule has 0 spiro atoms. The second-order valence-electron chi connectivity index (χ2n) is 4.58. The Hall–Kier alpha value is -2.01. The number of hydrogen-bond donors (Lipinski definition) is 4. The van der Waals surface area contributed by atoms with Gasteiger partial charge in [-0.05, 0) is 13.0 Å². The van der Waals surface area contributed by atoms with E-state index in [0.717, 1.165) is 4.57 Å². The van der Waals surface area contributed by atoms with E-state index >= 15 is 0 Å². The summed E-state index contributed by atoms with van der Waals surface area (Å²) in [6.07, 6.45) is -4.38. The van der Waals surface area contributed by atoms with Crippen LogP contribution in [-0.2, 0) is 9.47 Å². The number of carbonyl (C=O) groups is 1. The van der Waals surface area contributed by atoms with Gasteiger partial charge in [-0.3, -0.25) is 9.88 Å². The van der Waals surface area contributed by atoms with Crippen LogP contribution in [0.3, 0.4) is 0 Å². The zero-order chi connectivity index (χ0) is 16.3. The van der Waals surface area contributed by atoms with E-state index in [1.807, 2.05) is 0 Å². The van der Waals surface area contributed by atoms with Gasteiger partial charge in [0.2, 0.25) is 0 Å². The average molecular weight is 315 g/mol. The number of nitrogens with zero attached hydrogens (tertiary/aromatic N) is 2. The SMILES string of the molecule is CCOC(=O)Nc1ccn(C2OC(CO)C(O)C2O)c(=O)n1. The van der Waals surface area contributed by atoms with E-state index in [0.29, 0.717) is 0 Å². The van der Waals surface area contributed by atoms with Crippen LogP contribution in [0.4, 0.5) is 10.6 Å². The maximum atomic E-state index is 11.9. The summed E-state index contributed by atoms with van der Waals surface area (Å²) in [5.41, 5.74) is -0.802. The lowest BCUT2D eigenvalue weighted by Gasteiger charge is -2.17. The maximum absolute atomic E-state index is 11.9. The van der Waals surface area contributed by atoms with Crippen molar-refractivity contribution in [3.05, 3.63) is 22.7 Å². The predicted molar refractivity (Wildman–Crippen MR) is 72.2 cm³/mol. The van der Waals surface area contributed by atoms with Gasteiger partial charge in [-0.25, -0.2) is 9.59 Å². The van der Waals surface area contributed by atoms with Crippen molar-refractivity contribution in [1.29, 1.82) is 0 Å². The van der Waals surface area contributed by atoms with Gasteiger partial charge in [0, 0.05) is 6.20 Å².